The van der Waals surface area contributed by atoms with E-state index >= 15 is 0 Å². The molecule has 6 heteroatoms. The molecule has 0 aromatic heterocycles. The summed E-state index contributed by atoms with van der Waals surface area (Å²) < 4.78 is 0. The van der Waals surface area contributed by atoms with Gasteiger partial charge in [0.25, 0.3) is 0 Å². The van der Waals surface area contributed by atoms with Crippen molar-refractivity contribution in [2.75, 3.05) is 4.90 Å². The van der Waals surface area contributed by atoms with Crippen LogP contribution >= 0.6 is 11.8 Å². The van der Waals surface area contributed by atoms with Crippen LogP contribution in [0.4, 0.5) is 5.69 Å². The van der Waals surface area contributed by atoms with Gasteiger partial charge in [-0.2, -0.15) is 5.10 Å². The summed E-state index contributed by atoms with van der Waals surface area (Å²) in [5.74, 6) is -0.337. The van der Waals surface area contributed by atoms with Gasteiger partial charge in [0.15, 0.2) is 0 Å². The quantitative estimate of drug-likeness (QED) is 0.776. The van der Waals surface area contributed by atoms with Crippen molar-refractivity contribution in [2.45, 2.75) is 37.5 Å². The van der Waals surface area contributed by atoms with Gasteiger partial charge in [-0.1, -0.05) is 67.1 Å². The van der Waals surface area contributed by atoms with Gasteiger partial charge >= 0.3 is 0 Å². The second-order valence-electron chi connectivity index (χ2n) is 8.09. The van der Waals surface area contributed by atoms with Crippen molar-refractivity contribution in [2.24, 2.45) is 16.9 Å². The number of carbonyl (C=O) groups excluding carboxylic acids is 2. The molecule has 2 heterocycles. The van der Waals surface area contributed by atoms with Gasteiger partial charge in [0.05, 0.1) is 17.5 Å². The number of nitrogens with zero attached hydrogens (tertiary/aromatic N) is 2. The molecule has 5 nitrogen and oxygen atoms in total. The van der Waals surface area contributed by atoms with Crippen molar-refractivity contribution in [3.05, 3.63) is 65.7 Å². The zero-order chi connectivity index (χ0) is 20.0. The summed E-state index contributed by atoms with van der Waals surface area (Å²) in [6, 6.07) is 17.8. The number of amides is 2. The normalized spacial score (nSPS) is 28.9. The Hall–Kier alpha value is -2.60. The summed E-state index contributed by atoms with van der Waals surface area (Å²) >= 11 is 1.64. The lowest BCUT2D eigenvalue weighted by atomic mass is 9.81. The predicted molar refractivity (Wildman–Crippen MR) is 115 cm³/mol. The van der Waals surface area contributed by atoms with Gasteiger partial charge in [-0.15, -0.1) is 0 Å². The van der Waals surface area contributed by atoms with Gasteiger partial charge in [0.1, 0.15) is 9.91 Å². The summed E-state index contributed by atoms with van der Waals surface area (Å²) in [5.41, 5.74) is 5.98. The molecule has 0 bridgehead atoms. The van der Waals surface area contributed by atoms with Crippen molar-refractivity contribution >= 4 is 34.3 Å². The first-order valence-corrected chi connectivity index (χ1v) is 11.0. The second kappa shape index (κ2) is 7.02. The molecule has 5 rings (SSSR count). The molecule has 29 heavy (non-hydrogen) atoms. The van der Waals surface area contributed by atoms with Crippen molar-refractivity contribution in [3.63, 3.8) is 0 Å². The summed E-state index contributed by atoms with van der Waals surface area (Å²) in [6.07, 6.45) is 3.72. The molecule has 148 valence electrons. The lowest BCUT2D eigenvalue weighted by Crippen LogP contribution is -2.32. The summed E-state index contributed by atoms with van der Waals surface area (Å²) in [5, 5.41) is 5.46. The Morgan fingerprint density at radius 2 is 1.69 bits per heavy atom. The molecular weight excluding hydrogens is 382 g/mol. The Morgan fingerprint density at radius 1 is 1.00 bits per heavy atom. The number of benzene rings is 2. The highest BCUT2D eigenvalue weighted by molar-refractivity contribution is 8.15. The SMILES string of the molecule is C[C@]1(c2cccc(N3C(=O)[C@H]4CCCC[C@H]4C3=O)c2)NN=C(c2ccccc2)S1. The molecule has 1 N–H and O–H groups in total. The van der Waals surface area contributed by atoms with Crippen LogP contribution in [0.15, 0.2) is 59.7 Å². The Bertz CT molecular complexity index is 982. The zero-order valence-corrected chi connectivity index (χ0v) is 17.1. The van der Waals surface area contributed by atoms with E-state index in [1.165, 1.54) is 4.90 Å². The molecule has 1 saturated heterocycles. The molecule has 1 saturated carbocycles. The Morgan fingerprint density at radius 3 is 2.38 bits per heavy atom. The summed E-state index contributed by atoms with van der Waals surface area (Å²) in [4.78, 5) is 26.9. The highest BCUT2D eigenvalue weighted by atomic mass is 32.2. The fourth-order valence-corrected chi connectivity index (χ4v) is 5.65. The Labute approximate surface area is 174 Å². The van der Waals surface area contributed by atoms with E-state index in [-0.39, 0.29) is 23.7 Å². The van der Waals surface area contributed by atoms with Gasteiger partial charge in [-0.25, -0.2) is 0 Å². The van der Waals surface area contributed by atoms with Gasteiger partial charge in [-0.3, -0.25) is 19.9 Å². The van der Waals surface area contributed by atoms with E-state index < -0.39 is 4.87 Å². The minimum absolute atomic E-state index is 0.0322. The molecule has 2 aromatic carbocycles. The van der Waals surface area contributed by atoms with Gasteiger partial charge < -0.3 is 0 Å². The van der Waals surface area contributed by atoms with Gasteiger partial charge in [-0.05, 0) is 37.5 Å². The van der Waals surface area contributed by atoms with E-state index in [2.05, 4.69) is 17.5 Å². The lowest BCUT2D eigenvalue weighted by molar-refractivity contribution is -0.122. The number of thioether (sulfide) groups is 1. The zero-order valence-electron chi connectivity index (χ0n) is 16.3. The number of fused-ring (bicyclic) bond motifs is 1. The largest absolute Gasteiger partial charge is 0.288 e. The van der Waals surface area contributed by atoms with Crippen LogP contribution < -0.4 is 10.3 Å². The third kappa shape index (κ3) is 3.06. The van der Waals surface area contributed by atoms with Crippen LogP contribution in [-0.4, -0.2) is 16.9 Å². The van der Waals surface area contributed by atoms with E-state index in [4.69, 9.17) is 0 Å². The number of hydrogen-bond donors (Lipinski definition) is 1. The highest BCUT2D eigenvalue weighted by Gasteiger charge is 2.49. The van der Waals surface area contributed by atoms with Crippen LogP contribution in [0.5, 0.6) is 0 Å². The van der Waals surface area contributed by atoms with Crippen molar-refractivity contribution in [3.8, 4) is 0 Å². The molecule has 0 spiro atoms. The Kier molecular flexibility index (Phi) is 4.46. The maximum Gasteiger partial charge on any atom is 0.237 e. The molecule has 2 aliphatic heterocycles. The first-order valence-electron chi connectivity index (χ1n) is 10.1. The van der Waals surface area contributed by atoms with Crippen molar-refractivity contribution in [1.82, 2.24) is 5.43 Å². The molecule has 3 atom stereocenters. The predicted octanol–water partition coefficient (Wildman–Crippen LogP) is 4.24. The highest BCUT2D eigenvalue weighted by Crippen LogP contribution is 2.43. The smallest absolute Gasteiger partial charge is 0.237 e. The van der Waals surface area contributed by atoms with E-state index in [9.17, 15) is 9.59 Å². The third-order valence-corrected chi connectivity index (χ3v) is 7.44. The maximum absolute atomic E-state index is 13.0. The number of imide groups is 1. The van der Waals surface area contributed by atoms with E-state index in [0.717, 1.165) is 41.9 Å². The standard InChI is InChI=1S/C23H23N3O2S/c1-23(25-24-20(29-23)15-8-3-2-4-9-15)16-10-7-11-17(14-16)26-21(27)18-12-5-6-13-19(18)22(26)28/h2-4,7-11,14,18-19,25H,5-6,12-13H2,1H3/t18-,19+,23-/m0/s1. The van der Waals surface area contributed by atoms with E-state index in [1.54, 1.807) is 11.8 Å². The number of carbonyl (C=O) groups is 2. The molecule has 2 fully saturated rings. The molecular formula is C23H23N3O2S. The maximum atomic E-state index is 13.0. The van der Waals surface area contributed by atoms with Crippen molar-refractivity contribution < 1.29 is 9.59 Å². The first kappa shape index (κ1) is 18.4. The number of hydrazone groups is 1. The Balaban J connectivity index is 1.42. The van der Waals surface area contributed by atoms with Crippen LogP contribution in [0.3, 0.4) is 0 Å². The number of rotatable bonds is 3. The van der Waals surface area contributed by atoms with Crippen LogP contribution in [-0.2, 0) is 14.5 Å². The van der Waals surface area contributed by atoms with Gasteiger partial charge in [0, 0.05) is 5.56 Å². The fourth-order valence-electron chi connectivity index (χ4n) is 4.58. The molecule has 0 radical (unpaired) electrons. The molecule has 3 aliphatic rings. The van der Waals surface area contributed by atoms with Crippen molar-refractivity contribution in [1.29, 1.82) is 0 Å². The van der Waals surface area contributed by atoms with Crippen LogP contribution in [0.2, 0.25) is 0 Å². The first-order chi connectivity index (χ1) is 14.1. The minimum Gasteiger partial charge on any atom is -0.288 e. The molecule has 1 aliphatic carbocycles. The van der Waals surface area contributed by atoms with Crippen LogP contribution in [0, 0.1) is 11.8 Å². The monoisotopic (exact) mass is 405 g/mol. The summed E-state index contributed by atoms with van der Waals surface area (Å²) in [7, 11) is 0. The van der Waals surface area contributed by atoms with Crippen LogP contribution in [0.25, 0.3) is 0 Å². The van der Waals surface area contributed by atoms with E-state index in [1.807, 2.05) is 54.6 Å². The average Bonchev–Trinajstić information content (AvgIpc) is 3.28. The second-order valence-corrected chi connectivity index (χ2v) is 9.50. The molecule has 2 aromatic rings. The summed E-state index contributed by atoms with van der Waals surface area (Å²) in [6.45, 7) is 2.07. The number of hydrogen-bond acceptors (Lipinski definition) is 5. The number of anilines is 1. The average molecular weight is 406 g/mol. The molecule has 2 amide bonds. The van der Waals surface area contributed by atoms with E-state index in [0.29, 0.717) is 5.69 Å². The lowest BCUT2D eigenvalue weighted by Gasteiger charge is -2.25. The topological polar surface area (TPSA) is 61.8 Å². The minimum atomic E-state index is -0.459. The van der Waals surface area contributed by atoms with Crippen LogP contribution in [0.1, 0.15) is 43.7 Å². The fraction of sp³-hybridized carbons (Fsp3) is 0.348. The van der Waals surface area contributed by atoms with Gasteiger partial charge in [0.2, 0.25) is 11.8 Å². The third-order valence-electron chi connectivity index (χ3n) is 6.19. The molecule has 0 unspecified atom stereocenters. The number of nitrogens with one attached hydrogen (secondary N) is 1.